The molecule has 3 unspecified atom stereocenters. The van der Waals surface area contributed by atoms with E-state index in [0.29, 0.717) is 6.04 Å². The molecule has 0 aliphatic heterocycles. The molecule has 110 valence electrons. The van der Waals surface area contributed by atoms with E-state index in [1.54, 1.807) is 0 Å². The van der Waals surface area contributed by atoms with Crippen LogP contribution in [0.3, 0.4) is 0 Å². The molecule has 2 aliphatic rings. The highest BCUT2D eigenvalue weighted by molar-refractivity contribution is 5.83. The Balaban J connectivity index is 1.63. The Morgan fingerprint density at radius 1 is 1.00 bits per heavy atom. The zero-order chi connectivity index (χ0) is 14.2. The third kappa shape index (κ3) is 2.60. The molecule has 1 N–H and O–H groups in total. The largest absolute Gasteiger partial charge is 0.310 e. The van der Waals surface area contributed by atoms with Gasteiger partial charge in [-0.1, -0.05) is 43.3 Å². The van der Waals surface area contributed by atoms with Crippen molar-refractivity contribution in [3.8, 4) is 0 Å². The lowest BCUT2D eigenvalue weighted by molar-refractivity contribution is 0.342. The second-order valence-corrected chi connectivity index (χ2v) is 7.03. The number of hydrogen-bond acceptors (Lipinski definition) is 1. The van der Waals surface area contributed by atoms with Crippen molar-refractivity contribution in [2.75, 3.05) is 6.54 Å². The van der Waals surface area contributed by atoms with Crippen LogP contribution in [0.5, 0.6) is 0 Å². The van der Waals surface area contributed by atoms with Crippen molar-refractivity contribution >= 4 is 10.8 Å². The quantitative estimate of drug-likeness (QED) is 0.818. The van der Waals surface area contributed by atoms with Crippen LogP contribution in [0.15, 0.2) is 42.5 Å². The SMILES string of the molecule is CCCNC(c1ccc2ccccc2c1)C1CC2CC2C1. The van der Waals surface area contributed by atoms with Gasteiger partial charge in [0.05, 0.1) is 0 Å². The van der Waals surface area contributed by atoms with Crippen molar-refractivity contribution in [2.24, 2.45) is 17.8 Å². The Bertz CT molecular complexity index is 623. The van der Waals surface area contributed by atoms with Crippen molar-refractivity contribution in [2.45, 2.75) is 38.6 Å². The molecule has 3 atom stereocenters. The van der Waals surface area contributed by atoms with E-state index in [2.05, 4.69) is 54.7 Å². The van der Waals surface area contributed by atoms with Crippen LogP contribution in [-0.4, -0.2) is 6.54 Å². The Morgan fingerprint density at radius 2 is 1.76 bits per heavy atom. The smallest absolute Gasteiger partial charge is 0.0349 e. The van der Waals surface area contributed by atoms with Gasteiger partial charge in [0.25, 0.3) is 0 Å². The molecule has 0 radical (unpaired) electrons. The molecule has 0 aromatic heterocycles. The summed E-state index contributed by atoms with van der Waals surface area (Å²) in [6, 6.07) is 16.3. The first-order chi connectivity index (χ1) is 10.3. The Kier molecular flexibility index (Phi) is 3.46. The maximum absolute atomic E-state index is 3.83. The molecular formula is C20H25N. The molecule has 2 aliphatic carbocycles. The number of benzene rings is 2. The van der Waals surface area contributed by atoms with Crippen molar-refractivity contribution in [1.82, 2.24) is 5.32 Å². The van der Waals surface area contributed by atoms with Gasteiger partial charge in [-0.05, 0) is 72.4 Å². The van der Waals surface area contributed by atoms with Crippen LogP contribution in [0, 0.1) is 17.8 Å². The van der Waals surface area contributed by atoms with Gasteiger partial charge in [-0.3, -0.25) is 0 Å². The molecule has 1 heteroatoms. The lowest BCUT2D eigenvalue weighted by Gasteiger charge is -2.27. The summed E-state index contributed by atoms with van der Waals surface area (Å²) in [5, 5.41) is 6.56. The van der Waals surface area contributed by atoms with Gasteiger partial charge in [0.15, 0.2) is 0 Å². The molecule has 0 bridgehead atoms. The summed E-state index contributed by atoms with van der Waals surface area (Å²) in [5.41, 5.74) is 1.49. The van der Waals surface area contributed by atoms with Crippen LogP contribution in [0.1, 0.15) is 44.2 Å². The number of rotatable bonds is 5. The van der Waals surface area contributed by atoms with Gasteiger partial charge in [-0.2, -0.15) is 0 Å². The Labute approximate surface area is 127 Å². The summed E-state index contributed by atoms with van der Waals surface area (Å²) >= 11 is 0. The maximum Gasteiger partial charge on any atom is 0.0349 e. The van der Waals surface area contributed by atoms with Crippen LogP contribution in [-0.2, 0) is 0 Å². The minimum Gasteiger partial charge on any atom is -0.310 e. The predicted molar refractivity (Wildman–Crippen MR) is 89.3 cm³/mol. The van der Waals surface area contributed by atoms with Crippen molar-refractivity contribution in [1.29, 1.82) is 0 Å². The first kappa shape index (κ1) is 13.3. The van der Waals surface area contributed by atoms with E-state index in [-0.39, 0.29) is 0 Å². The molecule has 2 fully saturated rings. The minimum absolute atomic E-state index is 0.558. The first-order valence-corrected chi connectivity index (χ1v) is 8.57. The summed E-state index contributed by atoms with van der Waals surface area (Å²) in [6.45, 7) is 3.39. The Hall–Kier alpha value is -1.34. The lowest BCUT2D eigenvalue weighted by atomic mass is 9.88. The molecular weight excluding hydrogens is 254 g/mol. The maximum atomic E-state index is 3.83. The van der Waals surface area contributed by atoms with Gasteiger partial charge in [-0.25, -0.2) is 0 Å². The summed E-state index contributed by atoms with van der Waals surface area (Å²) in [6.07, 6.45) is 5.61. The highest BCUT2D eigenvalue weighted by atomic mass is 14.9. The van der Waals surface area contributed by atoms with Crippen LogP contribution >= 0.6 is 0 Å². The zero-order valence-electron chi connectivity index (χ0n) is 12.9. The van der Waals surface area contributed by atoms with Gasteiger partial charge in [0.1, 0.15) is 0 Å². The van der Waals surface area contributed by atoms with Gasteiger partial charge < -0.3 is 5.32 Å². The average Bonchev–Trinajstić information content (AvgIpc) is 3.14. The van der Waals surface area contributed by atoms with Gasteiger partial charge in [-0.15, -0.1) is 0 Å². The lowest BCUT2D eigenvalue weighted by Crippen LogP contribution is -2.28. The second-order valence-electron chi connectivity index (χ2n) is 7.03. The van der Waals surface area contributed by atoms with Crippen molar-refractivity contribution in [3.05, 3.63) is 48.0 Å². The summed E-state index contributed by atoms with van der Waals surface area (Å²) in [7, 11) is 0. The standard InChI is InChI=1S/C20H25N/c1-2-9-21-20(19-12-17-11-18(17)13-19)16-8-7-14-5-3-4-6-15(14)10-16/h3-8,10,17-21H,2,9,11-13H2,1H3. The van der Waals surface area contributed by atoms with Gasteiger partial charge >= 0.3 is 0 Å². The fraction of sp³-hybridized carbons (Fsp3) is 0.500. The van der Waals surface area contributed by atoms with Crippen LogP contribution in [0.25, 0.3) is 10.8 Å². The van der Waals surface area contributed by atoms with E-state index >= 15 is 0 Å². The molecule has 2 saturated carbocycles. The fourth-order valence-electron chi connectivity index (χ4n) is 4.29. The monoisotopic (exact) mass is 279 g/mol. The molecule has 0 saturated heterocycles. The normalized spacial score (nSPS) is 28.5. The van der Waals surface area contributed by atoms with E-state index in [0.717, 1.165) is 24.3 Å². The highest BCUT2D eigenvalue weighted by Crippen LogP contribution is 2.57. The first-order valence-electron chi connectivity index (χ1n) is 8.57. The van der Waals surface area contributed by atoms with Crippen LogP contribution in [0.4, 0.5) is 0 Å². The summed E-state index contributed by atoms with van der Waals surface area (Å²) < 4.78 is 0. The van der Waals surface area contributed by atoms with Gasteiger partial charge in [0.2, 0.25) is 0 Å². The predicted octanol–water partition coefficient (Wildman–Crippen LogP) is 4.93. The average molecular weight is 279 g/mol. The van der Waals surface area contributed by atoms with Gasteiger partial charge in [0, 0.05) is 6.04 Å². The van der Waals surface area contributed by atoms with E-state index in [1.165, 1.54) is 42.0 Å². The second kappa shape index (κ2) is 5.46. The van der Waals surface area contributed by atoms with E-state index in [4.69, 9.17) is 0 Å². The zero-order valence-corrected chi connectivity index (χ0v) is 12.9. The molecule has 0 spiro atoms. The Morgan fingerprint density at radius 3 is 2.52 bits per heavy atom. The van der Waals surface area contributed by atoms with E-state index in [9.17, 15) is 0 Å². The third-order valence-corrected chi connectivity index (χ3v) is 5.50. The highest BCUT2D eigenvalue weighted by Gasteiger charge is 2.47. The minimum atomic E-state index is 0.558. The van der Waals surface area contributed by atoms with Crippen molar-refractivity contribution in [3.63, 3.8) is 0 Å². The van der Waals surface area contributed by atoms with Crippen molar-refractivity contribution < 1.29 is 0 Å². The summed E-state index contributed by atoms with van der Waals surface area (Å²) in [5.74, 6) is 2.96. The summed E-state index contributed by atoms with van der Waals surface area (Å²) in [4.78, 5) is 0. The molecule has 1 nitrogen and oxygen atoms in total. The van der Waals surface area contributed by atoms with E-state index < -0.39 is 0 Å². The topological polar surface area (TPSA) is 12.0 Å². The fourth-order valence-corrected chi connectivity index (χ4v) is 4.29. The number of nitrogens with one attached hydrogen (secondary N) is 1. The number of fused-ring (bicyclic) bond motifs is 2. The molecule has 0 amide bonds. The van der Waals surface area contributed by atoms with Crippen LogP contribution in [0.2, 0.25) is 0 Å². The number of hydrogen-bond donors (Lipinski definition) is 1. The molecule has 21 heavy (non-hydrogen) atoms. The molecule has 0 heterocycles. The van der Waals surface area contributed by atoms with Crippen LogP contribution < -0.4 is 5.32 Å². The van der Waals surface area contributed by atoms with E-state index in [1.807, 2.05) is 0 Å². The third-order valence-electron chi connectivity index (χ3n) is 5.50. The molecule has 4 rings (SSSR count). The molecule has 2 aromatic carbocycles. The molecule has 2 aromatic rings.